The zero-order valence-corrected chi connectivity index (χ0v) is 18.1. The Morgan fingerprint density at radius 2 is 1.97 bits per heavy atom. The molecule has 3 rings (SSSR count). The quantitative estimate of drug-likeness (QED) is 0.767. The monoisotopic (exact) mass is 419 g/mol. The first-order valence-corrected chi connectivity index (χ1v) is 10.4. The molecule has 0 aliphatic carbocycles. The first-order valence-electron chi connectivity index (χ1n) is 9.98. The summed E-state index contributed by atoms with van der Waals surface area (Å²) in [6.07, 6.45) is 5.94. The Hall–Kier alpha value is -2.02. The number of halogens is 1. The summed E-state index contributed by atoms with van der Waals surface area (Å²) in [5, 5.41) is 13.9. The molecule has 1 aromatic carbocycles. The minimum atomic E-state index is -0.183. The van der Waals surface area contributed by atoms with Crippen molar-refractivity contribution in [2.75, 3.05) is 32.8 Å². The SMILES string of the molecule is CC(C)(C)N1C=CC(NC(=O)Cc2cc(Cl)c(CN3CCOCC3)cc2O)=CC1. The van der Waals surface area contributed by atoms with Crippen LogP contribution in [0, 0.1) is 0 Å². The Bertz CT molecular complexity index is 808. The van der Waals surface area contributed by atoms with Crippen LogP contribution >= 0.6 is 11.6 Å². The molecule has 1 aromatic rings. The number of benzene rings is 1. The average Bonchev–Trinajstić information content (AvgIpc) is 2.66. The number of hydrogen-bond donors (Lipinski definition) is 2. The summed E-state index contributed by atoms with van der Waals surface area (Å²) in [5.74, 6) is -0.0858. The van der Waals surface area contributed by atoms with Gasteiger partial charge in [-0.1, -0.05) is 11.6 Å². The van der Waals surface area contributed by atoms with Crippen molar-refractivity contribution < 1.29 is 14.6 Å². The summed E-state index contributed by atoms with van der Waals surface area (Å²) in [6, 6.07) is 3.36. The van der Waals surface area contributed by atoms with E-state index in [9.17, 15) is 9.90 Å². The lowest BCUT2D eigenvalue weighted by atomic mass is 10.0. The predicted molar refractivity (Wildman–Crippen MR) is 115 cm³/mol. The van der Waals surface area contributed by atoms with Crippen molar-refractivity contribution in [3.8, 4) is 5.75 Å². The molecular weight excluding hydrogens is 390 g/mol. The minimum absolute atomic E-state index is 0.0358. The molecule has 1 saturated heterocycles. The van der Waals surface area contributed by atoms with E-state index in [2.05, 4.69) is 35.9 Å². The van der Waals surface area contributed by atoms with Gasteiger partial charge in [0.15, 0.2) is 0 Å². The fraction of sp³-hybridized carbons (Fsp3) is 0.500. The number of carbonyl (C=O) groups excluding carboxylic acids is 1. The Balaban J connectivity index is 1.58. The van der Waals surface area contributed by atoms with Crippen LogP contribution in [0.2, 0.25) is 5.02 Å². The van der Waals surface area contributed by atoms with Gasteiger partial charge >= 0.3 is 0 Å². The highest BCUT2D eigenvalue weighted by Crippen LogP contribution is 2.28. The van der Waals surface area contributed by atoms with Gasteiger partial charge in [-0.3, -0.25) is 9.69 Å². The van der Waals surface area contributed by atoms with E-state index in [1.807, 2.05) is 18.4 Å². The van der Waals surface area contributed by atoms with Crippen molar-refractivity contribution in [3.63, 3.8) is 0 Å². The second-order valence-corrected chi connectivity index (χ2v) is 8.89. The summed E-state index contributed by atoms with van der Waals surface area (Å²) < 4.78 is 5.36. The summed E-state index contributed by atoms with van der Waals surface area (Å²) in [5.41, 5.74) is 2.18. The molecule has 0 atom stereocenters. The van der Waals surface area contributed by atoms with Crippen LogP contribution in [-0.2, 0) is 22.5 Å². The van der Waals surface area contributed by atoms with E-state index in [1.54, 1.807) is 12.1 Å². The number of allylic oxidation sites excluding steroid dienone is 1. The number of phenolic OH excluding ortho intramolecular Hbond substituents is 1. The number of carbonyl (C=O) groups is 1. The van der Waals surface area contributed by atoms with Crippen LogP contribution in [0.1, 0.15) is 31.9 Å². The molecule has 0 unspecified atom stereocenters. The summed E-state index contributed by atoms with van der Waals surface area (Å²) in [4.78, 5) is 16.9. The standard InChI is InChI=1S/C22H30ClN3O3/c1-22(2,3)26-6-4-18(5-7-26)24-21(28)14-16-12-19(23)17(13-20(16)27)15-25-8-10-29-11-9-25/h4-6,12-13,27H,7-11,14-15H2,1-3H3,(H,24,28). The number of hydrogen-bond acceptors (Lipinski definition) is 5. The van der Waals surface area contributed by atoms with Crippen LogP contribution in [0.25, 0.3) is 0 Å². The zero-order valence-electron chi connectivity index (χ0n) is 17.4. The van der Waals surface area contributed by atoms with Gasteiger partial charge < -0.3 is 20.1 Å². The molecule has 2 N–H and O–H groups in total. The van der Waals surface area contributed by atoms with Crippen LogP contribution in [0.3, 0.4) is 0 Å². The highest BCUT2D eigenvalue weighted by atomic mass is 35.5. The summed E-state index contributed by atoms with van der Waals surface area (Å²) in [6.45, 7) is 10.9. The maximum Gasteiger partial charge on any atom is 0.228 e. The van der Waals surface area contributed by atoms with E-state index in [4.69, 9.17) is 16.3 Å². The van der Waals surface area contributed by atoms with Gasteiger partial charge in [0, 0.05) is 54.2 Å². The molecule has 0 bridgehead atoms. The molecule has 1 fully saturated rings. The highest BCUT2D eigenvalue weighted by molar-refractivity contribution is 6.31. The average molecular weight is 420 g/mol. The molecule has 6 nitrogen and oxygen atoms in total. The van der Waals surface area contributed by atoms with Crippen LogP contribution in [0.15, 0.2) is 36.2 Å². The predicted octanol–water partition coefficient (Wildman–Crippen LogP) is 3.05. The second-order valence-electron chi connectivity index (χ2n) is 8.48. The molecule has 1 amide bonds. The molecule has 0 radical (unpaired) electrons. The molecule has 158 valence electrons. The summed E-state index contributed by atoms with van der Waals surface area (Å²) in [7, 11) is 0. The fourth-order valence-electron chi connectivity index (χ4n) is 3.37. The Kier molecular flexibility index (Phi) is 6.88. The fourth-order valence-corrected chi connectivity index (χ4v) is 3.62. The number of phenols is 1. The third-order valence-corrected chi connectivity index (χ3v) is 5.54. The van der Waals surface area contributed by atoms with Crippen molar-refractivity contribution >= 4 is 17.5 Å². The number of aromatic hydroxyl groups is 1. The first-order chi connectivity index (χ1) is 13.7. The molecule has 29 heavy (non-hydrogen) atoms. The van der Waals surface area contributed by atoms with E-state index < -0.39 is 0 Å². The van der Waals surface area contributed by atoms with Gasteiger partial charge in [-0.05, 0) is 50.6 Å². The van der Waals surface area contributed by atoms with E-state index in [0.29, 0.717) is 30.3 Å². The first kappa shape index (κ1) is 21.7. The topological polar surface area (TPSA) is 65.0 Å². The zero-order chi connectivity index (χ0) is 21.0. The summed E-state index contributed by atoms with van der Waals surface area (Å²) >= 11 is 6.43. The number of nitrogens with one attached hydrogen (secondary N) is 1. The van der Waals surface area contributed by atoms with Gasteiger partial charge in [-0.25, -0.2) is 0 Å². The number of ether oxygens (including phenoxy) is 1. The largest absolute Gasteiger partial charge is 0.508 e. The van der Waals surface area contributed by atoms with Crippen LogP contribution < -0.4 is 5.32 Å². The maximum absolute atomic E-state index is 12.4. The van der Waals surface area contributed by atoms with E-state index in [-0.39, 0.29) is 23.6 Å². The van der Waals surface area contributed by atoms with E-state index in [0.717, 1.165) is 30.9 Å². The van der Waals surface area contributed by atoms with Crippen molar-refractivity contribution in [2.45, 2.75) is 39.3 Å². The molecule has 0 spiro atoms. The van der Waals surface area contributed by atoms with Gasteiger partial charge in [-0.2, -0.15) is 0 Å². The van der Waals surface area contributed by atoms with Gasteiger partial charge in [0.1, 0.15) is 5.75 Å². The molecule has 7 heteroatoms. The molecule has 0 aromatic heterocycles. The minimum Gasteiger partial charge on any atom is -0.508 e. The molecule has 2 aliphatic rings. The maximum atomic E-state index is 12.4. The Morgan fingerprint density at radius 1 is 1.24 bits per heavy atom. The lowest BCUT2D eigenvalue weighted by Crippen LogP contribution is -2.39. The van der Waals surface area contributed by atoms with Gasteiger partial charge in [0.05, 0.1) is 19.6 Å². The highest BCUT2D eigenvalue weighted by Gasteiger charge is 2.20. The lowest BCUT2D eigenvalue weighted by Gasteiger charge is -2.35. The number of rotatable bonds is 5. The number of morpholine rings is 1. The molecule has 2 aliphatic heterocycles. The van der Waals surface area contributed by atoms with Crippen molar-refractivity contribution in [1.82, 2.24) is 15.1 Å². The lowest BCUT2D eigenvalue weighted by molar-refractivity contribution is -0.119. The third kappa shape index (κ3) is 5.98. The van der Waals surface area contributed by atoms with Crippen molar-refractivity contribution in [2.24, 2.45) is 0 Å². The van der Waals surface area contributed by atoms with E-state index in [1.165, 1.54) is 0 Å². The molecular formula is C22H30ClN3O3. The third-order valence-electron chi connectivity index (χ3n) is 5.18. The van der Waals surface area contributed by atoms with Crippen LogP contribution in [-0.4, -0.2) is 59.2 Å². The van der Waals surface area contributed by atoms with Crippen LogP contribution in [0.5, 0.6) is 5.75 Å². The van der Waals surface area contributed by atoms with Crippen molar-refractivity contribution in [3.05, 3.63) is 52.3 Å². The van der Waals surface area contributed by atoms with Gasteiger partial charge in [-0.15, -0.1) is 0 Å². The number of nitrogens with zero attached hydrogens (tertiary/aromatic N) is 2. The van der Waals surface area contributed by atoms with Gasteiger partial charge in [0.2, 0.25) is 5.91 Å². The number of amides is 1. The van der Waals surface area contributed by atoms with Crippen molar-refractivity contribution in [1.29, 1.82) is 0 Å². The van der Waals surface area contributed by atoms with Crippen LogP contribution in [0.4, 0.5) is 0 Å². The normalized spacial score (nSPS) is 17.9. The molecule has 0 saturated carbocycles. The molecule has 2 heterocycles. The Labute approximate surface area is 177 Å². The Morgan fingerprint density at radius 3 is 2.59 bits per heavy atom. The van der Waals surface area contributed by atoms with Gasteiger partial charge in [0.25, 0.3) is 0 Å². The van der Waals surface area contributed by atoms with E-state index >= 15 is 0 Å². The smallest absolute Gasteiger partial charge is 0.228 e. The second kappa shape index (κ2) is 9.20.